The lowest BCUT2D eigenvalue weighted by Crippen LogP contribution is -2.14. The third-order valence-corrected chi connectivity index (χ3v) is 2.49. The summed E-state index contributed by atoms with van der Waals surface area (Å²) in [6.07, 6.45) is 0. The summed E-state index contributed by atoms with van der Waals surface area (Å²) in [5, 5.41) is 0. The first kappa shape index (κ1) is 15.2. The zero-order valence-corrected chi connectivity index (χ0v) is 10.7. The predicted molar refractivity (Wildman–Crippen MR) is 67.2 cm³/mol. The van der Waals surface area contributed by atoms with E-state index in [9.17, 15) is 4.39 Å². The molecule has 2 N–H and O–H groups in total. The third-order valence-electron chi connectivity index (χ3n) is 2.49. The molecular weight excluding hydrogens is 229 g/mol. The summed E-state index contributed by atoms with van der Waals surface area (Å²) in [4.78, 5) is 0. The highest BCUT2D eigenvalue weighted by Gasteiger charge is 2.13. The molecule has 0 aliphatic carbocycles. The summed E-state index contributed by atoms with van der Waals surface area (Å²) in [6, 6.07) is 5.16. The smallest absolute Gasteiger partial charge is 0.123 e. The average molecular weight is 248 g/mol. The summed E-state index contributed by atoms with van der Waals surface area (Å²) < 4.78 is 17.7. The maximum absolute atomic E-state index is 12.5. The molecule has 1 aromatic carbocycles. The molecule has 0 spiro atoms. The van der Waals surface area contributed by atoms with E-state index in [1.54, 1.807) is 7.11 Å². The van der Waals surface area contributed by atoms with E-state index in [2.05, 4.69) is 13.8 Å². The molecule has 1 aromatic rings. The molecule has 0 fully saturated rings. The molecule has 0 saturated heterocycles. The molecule has 92 valence electrons. The van der Waals surface area contributed by atoms with Crippen molar-refractivity contribution in [2.24, 2.45) is 5.73 Å². The number of ether oxygens (including phenoxy) is 1. The van der Waals surface area contributed by atoms with Crippen molar-refractivity contribution in [2.45, 2.75) is 25.8 Å². The topological polar surface area (TPSA) is 35.2 Å². The van der Waals surface area contributed by atoms with Gasteiger partial charge in [0.2, 0.25) is 0 Å². The van der Waals surface area contributed by atoms with Crippen LogP contribution >= 0.6 is 12.4 Å². The predicted octanol–water partition coefficient (Wildman–Crippen LogP) is 3.21. The van der Waals surface area contributed by atoms with Gasteiger partial charge in [0, 0.05) is 5.56 Å². The van der Waals surface area contributed by atoms with Crippen LogP contribution in [0.3, 0.4) is 0 Å². The van der Waals surface area contributed by atoms with Crippen molar-refractivity contribution >= 4 is 12.4 Å². The van der Waals surface area contributed by atoms with E-state index in [1.807, 2.05) is 18.2 Å². The molecule has 4 heteroatoms. The van der Waals surface area contributed by atoms with Crippen LogP contribution in [0, 0.1) is 0 Å². The molecule has 0 bridgehead atoms. The number of nitrogens with two attached hydrogens (primary N) is 1. The van der Waals surface area contributed by atoms with Crippen molar-refractivity contribution < 1.29 is 9.13 Å². The Labute approximate surface area is 102 Å². The second kappa shape index (κ2) is 6.71. The lowest BCUT2D eigenvalue weighted by atomic mass is 9.97. The van der Waals surface area contributed by atoms with Gasteiger partial charge < -0.3 is 10.5 Å². The second-order valence-corrected chi connectivity index (χ2v) is 3.92. The fourth-order valence-corrected chi connectivity index (χ4v) is 1.48. The summed E-state index contributed by atoms with van der Waals surface area (Å²) in [7, 11) is 1.57. The van der Waals surface area contributed by atoms with Crippen molar-refractivity contribution in [3.05, 3.63) is 29.3 Å². The van der Waals surface area contributed by atoms with Gasteiger partial charge in [0.05, 0.1) is 13.2 Å². The van der Waals surface area contributed by atoms with Crippen molar-refractivity contribution in [1.29, 1.82) is 0 Å². The number of rotatable bonds is 4. The fraction of sp³-hybridized carbons (Fsp3) is 0.500. The molecule has 0 amide bonds. The van der Waals surface area contributed by atoms with Crippen LogP contribution < -0.4 is 10.5 Å². The van der Waals surface area contributed by atoms with Crippen molar-refractivity contribution in [3.8, 4) is 5.75 Å². The van der Waals surface area contributed by atoms with Crippen LogP contribution in [0.25, 0.3) is 0 Å². The van der Waals surface area contributed by atoms with Gasteiger partial charge in [-0.25, -0.2) is 4.39 Å². The fourth-order valence-electron chi connectivity index (χ4n) is 1.48. The van der Waals surface area contributed by atoms with Gasteiger partial charge in [-0.05, 0) is 17.5 Å². The molecule has 0 aromatic heterocycles. The largest absolute Gasteiger partial charge is 0.496 e. The van der Waals surface area contributed by atoms with Crippen LogP contribution in [-0.2, 0) is 0 Å². The molecule has 16 heavy (non-hydrogen) atoms. The lowest BCUT2D eigenvalue weighted by molar-refractivity contribution is 0.388. The highest BCUT2D eigenvalue weighted by Crippen LogP contribution is 2.28. The number of alkyl halides is 1. The maximum Gasteiger partial charge on any atom is 0.123 e. The number of methoxy groups -OCH3 is 1. The van der Waals surface area contributed by atoms with E-state index in [1.165, 1.54) is 0 Å². The van der Waals surface area contributed by atoms with Gasteiger partial charge in [-0.1, -0.05) is 26.0 Å². The summed E-state index contributed by atoms with van der Waals surface area (Å²) >= 11 is 0. The van der Waals surface area contributed by atoms with E-state index in [4.69, 9.17) is 10.5 Å². The number of hydrogen-bond acceptors (Lipinski definition) is 2. The van der Waals surface area contributed by atoms with E-state index in [0.717, 1.165) is 11.1 Å². The highest BCUT2D eigenvalue weighted by molar-refractivity contribution is 5.85. The average Bonchev–Trinajstić information content (AvgIpc) is 2.27. The van der Waals surface area contributed by atoms with Gasteiger partial charge >= 0.3 is 0 Å². The zero-order valence-electron chi connectivity index (χ0n) is 9.87. The van der Waals surface area contributed by atoms with E-state index in [0.29, 0.717) is 11.7 Å². The molecule has 0 aliphatic heterocycles. The number of hydrogen-bond donors (Lipinski definition) is 1. The van der Waals surface area contributed by atoms with Gasteiger partial charge in [0.25, 0.3) is 0 Å². The quantitative estimate of drug-likeness (QED) is 0.887. The molecular formula is C12H19ClFNO. The minimum atomic E-state index is -0.598. The van der Waals surface area contributed by atoms with Crippen LogP contribution in [0.2, 0.25) is 0 Å². The first-order valence-corrected chi connectivity index (χ1v) is 5.09. The van der Waals surface area contributed by atoms with E-state index >= 15 is 0 Å². The Morgan fingerprint density at radius 3 is 2.44 bits per heavy atom. The number of halogens is 2. The van der Waals surface area contributed by atoms with Gasteiger partial charge in [-0.15, -0.1) is 12.4 Å². The minimum Gasteiger partial charge on any atom is -0.496 e. The second-order valence-electron chi connectivity index (χ2n) is 3.92. The molecule has 0 radical (unpaired) electrons. The SMILES string of the molecule is COc1ccc(C(C)C)cc1[C@@H](N)CF.Cl. The van der Waals surface area contributed by atoms with Crippen LogP contribution in [0.1, 0.15) is 36.9 Å². The van der Waals surface area contributed by atoms with Crippen LogP contribution in [0.15, 0.2) is 18.2 Å². The lowest BCUT2D eigenvalue weighted by Gasteiger charge is -2.15. The maximum atomic E-state index is 12.5. The molecule has 1 atom stereocenters. The minimum absolute atomic E-state index is 0. The first-order valence-electron chi connectivity index (χ1n) is 5.09. The molecule has 0 unspecified atom stereocenters. The van der Waals surface area contributed by atoms with Crippen LogP contribution in [-0.4, -0.2) is 13.8 Å². The first-order chi connectivity index (χ1) is 7.10. The monoisotopic (exact) mass is 247 g/mol. The van der Waals surface area contributed by atoms with E-state index in [-0.39, 0.29) is 12.4 Å². The highest BCUT2D eigenvalue weighted by atomic mass is 35.5. The Morgan fingerprint density at radius 2 is 2.00 bits per heavy atom. The van der Waals surface area contributed by atoms with Crippen molar-refractivity contribution in [1.82, 2.24) is 0 Å². The van der Waals surface area contributed by atoms with Gasteiger partial charge in [-0.3, -0.25) is 0 Å². The summed E-state index contributed by atoms with van der Waals surface area (Å²) in [5.74, 6) is 1.06. The Hall–Kier alpha value is -0.800. The third kappa shape index (κ3) is 3.35. The molecule has 1 rings (SSSR count). The van der Waals surface area contributed by atoms with Crippen molar-refractivity contribution in [2.75, 3.05) is 13.8 Å². The van der Waals surface area contributed by atoms with Gasteiger partial charge in [-0.2, -0.15) is 0 Å². The number of benzene rings is 1. The summed E-state index contributed by atoms with van der Waals surface area (Å²) in [5.41, 5.74) is 7.57. The van der Waals surface area contributed by atoms with Crippen LogP contribution in [0.5, 0.6) is 5.75 Å². The van der Waals surface area contributed by atoms with Gasteiger partial charge in [0.1, 0.15) is 12.4 Å². The summed E-state index contributed by atoms with van der Waals surface area (Å²) in [6.45, 7) is 3.61. The molecule has 2 nitrogen and oxygen atoms in total. The molecule has 0 saturated carbocycles. The zero-order chi connectivity index (χ0) is 11.4. The van der Waals surface area contributed by atoms with Gasteiger partial charge in [0.15, 0.2) is 0 Å². The Kier molecular flexibility index (Phi) is 6.38. The van der Waals surface area contributed by atoms with Crippen molar-refractivity contribution in [3.63, 3.8) is 0 Å². The molecule has 0 heterocycles. The van der Waals surface area contributed by atoms with E-state index < -0.39 is 12.7 Å². The normalized spacial score (nSPS) is 12.1. The van der Waals surface area contributed by atoms with Crippen LogP contribution in [0.4, 0.5) is 4.39 Å². The Morgan fingerprint density at radius 1 is 1.38 bits per heavy atom. The molecule has 0 aliphatic rings. The Balaban J connectivity index is 0.00000225. The standard InChI is InChI=1S/C12H18FNO.ClH/c1-8(2)9-4-5-12(15-3)10(6-9)11(14)7-13;/h4-6,8,11H,7,14H2,1-3H3;1H/t11-;/m0./s1. The Bertz CT molecular complexity index is 331.